The number of hydrogen-bond acceptors (Lipinski definition) is 1. The van der Waals surface area contributed by atoms with Gasteiger partial charge >= 0.3 is 6.18 Å². The van der Waals surface area contributed by atoms with Gasteiger partial charge < -0.3 is 4.74 Å². The smallest absolute Gasteiger partial charge is 0.419 e. The molecule has 1 aromatic rings. The summed E-state index contributed by atoms with van der Waals surface area (Å²) in [5.74, 6) is -0.0702. The maximum absolute atomic E-state index is 12.7. The molecule has 0 aliphatic heterocycles. The van der Waals surface area contributed by atoms with E-state index in [1.54, 1.807) is 13.0 Å². The van der Waals surface area contributed by atoms with E-state index < -0.39 is 11.7 Å². The fraction of sp³-hybridized carbons (Fsp3) is 0.538. The lowest BCUT2D eigenvalue weighted by atomic mass is 10.1. The van der Waals surface area contributed by atoms with Gasteiger partial charge in [-0.2, -0.15) is 13.2 Å². The summed E-state index contributed by atoms with van der Waals surface area (Å²) in [6.45, 7) is 4.00. The van der Waals surface area contributed by atoms with Crippen molar-refractivity contribution in [3.05, 3.63) is 29.3 Å². The van der Waals surface area contributed by atoms with E-state index in [0.29, 0.717) is 12.2 Å². The van der Waals surface area contributed by atoms with Crippen LogP contribution in [0.3, 0.4) is 0 Å². The van der Waals surface area contributed by atoms with E-state index in [1.807, 2.05) is 6.92 Å². The Morgan fingerprint density at radius 2 is 1.88 bits per heavy atom. The van der Waals surface area contributed by atoms with E-state index in [1.165, 1.54) is 6.07 Å². The molecule has 0 radical (unpaired) electrons. The minimum absolute atomic E-state index is 0.0702. The first-order valence-electron chi connectivity index (χ1n) is 5.75. The standard InChI is InChI=1S/C13H17F3O/c1-3-4-5-8-17-12-7-6-10(2)9-11(12)13(14,15)16/h6-7,9H,3-5,8H2,1-2H3. The highest BCUT2D eigenvalue weighted by Gasteiger charge is 2.34. The van der Waals surface area contributed by atoms with Crippen LogP contribution in [0.1, 0.15) is 37.3 Å². The van der Waals surface area contributed by atoms with Gasteiger partial charge in [-0.25, -0.2) is 0 Å². The first kappa shape index (κ1) is 13.9. The summed E-state index contributed by atoms with van der Waals surface area (Å²) in [6.07, 6.45) is -1.59. The summed E-state index contributed by atoms with van der Waals surface area (Å²) in [5.41, 5.74) is -0.104. The molecule has 0 bridgehead atoms. The first-order chi connectivity index (χ1) is 7.95. The Hall–Kier alpha value is -1.19. The Kier molecular flexibility index (Phi) is 4.85. The van der Waals surface area contributed by atoms with Crippen molar-refractivity contribution in [1.29, 1.82) is 0 Å². The van der Waals surface area contributed by atoms with E-state index in [-0.39, 0.29) is 5.75 Å². The second-order valence-electron chi connectivity index (χ2n) is 4.05. The van der Waals surface area contributed by atoms with Crippen LogP contribution >= 0.6 is 0 Å². The third-order valence-corrected chi connectivity index (χ3v) is 2.45. The number of ether oxygens (including phenoxy) is 1. The van der Waals surface area contributed by atoms with Crippen LogP contribution in [0.2, 0.25) is 0 Å². The molecule has 1 nitrogen and oxygen atoms in total. The summed E-state index contributed by atoms with van der Waals surface area (Å²) < 4.78 is 43.4. The van der Waals surface area contributed by atoms with Gasteiger partial charge in [0.2, 0.25) is 0 Å². The van der Waals surface area contributed by atoms with Crippen molar-refractivity contribution in [1.82, 2.24) is 0 Å². The fourth-order valence-electron chi connectivity index (χ4n) is 1.53. The van der Waals surface area contributed by atoms with Gasteiger partial charge in [-0.3, -0.25) is 0 Å². The molecular formula is C13H17F3O. The van der Waals surface area contributed by atoms with Crippen LogP contribution in [0.5, 0.6) is 5.75 Å². The molecule has 0 unspecified atom stereocenters. The van der Waals surface area contributed by atoms with E-state index >= 15 is 0 Å². The molecule has 0 N–H and O–H groups in total. The van der Waals surface area contributed by atoms with Crippen LogP contribution in [0.25, 0.3) is 0 Å². The van der Waals surface area contributed by atoms with Gasteiger partial charge in [-0.05, 0) is 25.5 Å². The summed E-state index contributed by atoms with van der Waals surface area (Å²) in [7, 11) is 0. The molecular weight excluding hydrogens is 229 g/mol. The zero-order valence-corrected chi connectivity index (χ0v) is 10.1. The summed E-state index contributed by atoms with van der Waals surface area (Å²) in [6, 6.07) is 4.14. The average Bonchev–Trinajstić information content (AvgIpc) is 2.25. The van der Waals surface area contributed by atoms with Gasteiger partial charge in [0.25, 0.3) is 0 Å². The zero-order chi connectivity index (χ0) is 12.9. The minimum Gasteiger partial charge on any atom is -0.493 e. The van der Waals surface area contributed by atoms with Gasteiger partial charge in [-0.15, -0.1) is 0 Å². The second-order valence-corrected chi connectivity index (χ2v) is 4.05. The predicted molar refractivity (Wildman–Crippen MR) is 61.2 cm³/mol. The van der Waals surface area contributed by atoms with Crippen molar-refractivity contribution in [3.63, 3.8) is 0 Å². The number of rotatable bonds is 5. The van der Waals surface area contributed by atoms with E-state index in [2.05, 4.69) is 0 Å². The SMILES string of the molecule is CCCCCOc1ccc(C)cc1C(F)(F)F. The average molecular weight is 246 g/mol. The molecule has 0 aliphatic rings. The van der Waals surface area contributed by atoms with Crippen molar-refractivity contribution in [2.75, 3.05) is 6.61 Å². The molecule has 0 atom stereocenters. The molecule has 0 fully saturated rings. The Bertz CT molecular complexity index is 358. The minimum atomic E-state index is -4.36. The number of alkyl halides is 3. The van der Waals surface area contributed by atoms with Gasteiger partial charge in [0.1, 0.15) is 5.75 Å². The third kappa shape index (κ3) is 4.29. The highest BCUT2D eigenvalue weighted by Crippen LogP contribution is 2.36. The number of unbranched alkanes of at least 4 members (excludes halogenated alkanes) is 2. The Morgan fingerprint density at radius 1 is 1.18 bits per heavy atom. The van der Waals surface area contributed by atoms with Crippen LogP contribution in [0.4, 0.5) is 13.2 Å². The van der Waals surface area contributed by atoms with Gasteiger partial charge in [0.05, 0.1) is 12.2 Å². The van der Waals surface area contributed by atoms with Crippen molar-refractivity contribution in [3.8, 4) is 5.75 Å². The van der Waals surface area contributed by atoms with E-state index in [0.717, 1.165) is 25.3 Å². The van der Waals surface area contributed by atoms with Crippen molar-refractivity contribution < 1.29 is 17.9 Å². The maximum Gasteiger partial charge on any atom is 0.419 e. The normalized spacial score (nSPS) is 11.6. The molecule has 0 spiro atoms. The molecule has 4 heteroatoms. The lowest BCUT2D eigenvalue weighted by Gasteiger charge is -2.14. The van der Waals surface area contributed by atoms with Crippen LogP contribution in [0, 0.1) is 6.92 Å². The highest BCUT2D eigenvalue weighted by atomic mass is 19.4. The molecule has 0 amide bonds. The summed E-state index contributed by atoms with van der Waals surface area (Å²) in [5, 5.41) is 0. The maximum atomic E-state index is 12.7. The molecule has 0 saturated carbocycles. The zero-order valence-electron chi connectivity index (χ0n) is 10.1. The van der Waals surface area contributed by atoms with Crippen LogP contribution in [0.15, 0.2) is 18.2 Å². The fourth-order valence-corrected chi connectivity index (χ4v) is 1.53. The van der Waals surface area contributed by atoms with Gasteiger partial charge in [0.15, 0.2) is 0 Å². The molecule has 1 rings (SSSR count). The summed E-state index contributed by atoms with van der Waals surface area (Å²) >= 11 is 0. The van der Waals surface area contributed by atoms with Gasteiger partial charge in [0, 0.05) is 0 Å². The lowest BCUT2D eigenvalue weighted by molar-refractivity contribution is -0.139. The molecule has 0 aromatic heterocycles. The Morgan fingerprint density at radius 3 is 2.47 bits per heavy atom. The van der Waals surface area contributed by atoms with Crippen molar-refractivity contribution >= 4 is 0 Å². The lowest BCUT2D eigenvalue weighted by Crippen LogP contribution is -2.09. The largest absolute Gasteiger partial charge is 0.493 e. The Balaban J connectivity index is 2.77. The predicted octanol–water partition coefficient (Wildman–Crippen LogP) is 4.58. The van der Waals surface area contributed by atoms with Gasteiger partial charge in [-0.1, -0.05) is 31.4 Å². The van der Waals surface area contributed by atoms with Crippen LogP contribution < -0.4 is 4.74 Å². The second kappa shape index (κ2) is 5.94. The monoisotopic (exact) mass is 246 g/mol. The molecule has 0 aliphatic carbocycles. The van der Waals surface area contributed by atoms with Crippen LogP contribution in [-0.4, -0.2) is 6.61 Å². The molecule has 0 heterocycles. The highest BCUT2D eigenvalue weighted by molar-refractivity contribution is 5.38. The van der Waals surface area contributed by atoms with Crippen molar-refractivity contribution in [2.24, 2.45) is 0 Å². The van der Waals surface area contributed by atoms with Crippen LogP contribution in [-0.2, 0) is 6.18 Å². The molecule has 17 heavy (non-hydrogen) atoms. The number of halogens is 3. The molecule has 1 aromatic carbocycles. The first-order valence-corrected chi connectivity index (χ1v) is 5.75. The summed E-state index contributed by atoms with van der Waals surface area (Å²) in [4.78, 5) is 0. The Labute approximate surface area is 99.6 Å². The quantitative estimate of drug-likeness (QED) is 0.691. The van der Waals surface area contributed by atoms with E-state index in [4.69, 9.17) is 4.74 Å². The third-order valence-electron chi connectivity index (χ3n) is 2.45. The number of aryl methyl sites for hydroxylation is 1. The molecule has 0 saturated heterocycles. The topological polar surface area (TPSA) is 9.23 Å². The molecule has 96 valence electrons. The number of hydrogen-bond donors (Lipinski definition) is 0. The van der Waals surface area contributed by atoms with E-state index in [9.17, 15) is 13.2 Å². The van der Waals surface area contributed by atoms with Crippen molar-refractivity contribution in [2.45, 2.75) is 39.3 Å². The number of benzene rings is 1.